The maximum atomic E-state index is 13.4. The second-order valence-corrected chi connectivity index (χ2v) is 11.1. The molecule has 1 spiro atoms. The van der Waals surface area contributed by atoms with Gasteiger partial charge in [0.25, 0.3) is 5.56 Å². The van der Waals surface area contributed by atoms with Gasteiger partial charge in [0.2, 0.25) is 0 Å². The molecule has 9 nitrogen and oxygen atoms in total. The second kappa shape index (κ2) is 8.60. The largest absolute Gasteiger partial charge is 0.444 e. The SMILES string of the molecule is CCCCn1c(=O)n(C2CCC3(CC2)CN(C(=O)OC(C)(C)C)C3)c(=O)c2c(C#N)snc21. The third-order valence-corrected chi connectivity index (χ3v) is 7.46. The predicted octanol–water partition coefficient (Wildman–Crippen LogP) is 3.64. The molecule has 1 saturated carbocycles. The van der Waals surface area contributed by atoms with Crippen LogP contribution < -0.4 is 11.2 Å². The number of hydrogen-bond donors (Lipinski definition) is 0. The molecule has 4 rings (SSSR count). The summed E-state index contributed by atoms with van der Waals surface area (Å²) in [7, 11) is 0. The Bertz CT molecular complexity index is 1210. The normalized spacial score (nSPS) is 18.3. The lowest BCUT2D eigenvalue weighted by Gasteiger charge is -2.53. The van der Waals surface area contributed by atoms with Gasteiger partial charge in [-0.2, -0.15) is 9.64 Å². The Morgan fingerprint density at radius 2 is 1.94 bits per heavy atom. The molecule has 33 heavy (non-hydrogen) atoms. The Morgan fingerprint density at radius 3 is 2.52 bits per heavy atom. The van der Waals surface area contributed by atoms with Gasteiger partial charge in [-0.3, -0.25) is 13.9 Å². The minimum Gasteiger partial charge on any atom is -0.444 e. The Morgan fingerprint density at radius 1 is 1.27 bits per heavy atom. The second-order valence-electron chi connectivity index (χ2n) is 10.4. The molecule has 2 fully saturated rings. The maximum absolute atomic E-state index is 13.4. The highest BCUT2D eigenvalue weighted by molar-refractivity contribution is 7.07. The molecular weight excluding hydrogens is 442 g/mol. The number of ether oxygens (including phenoxy) is 1. The molecule has 0 atom stereocenters. The molecule has 0 unspecified atom stereocenters. The summed E-state index contributed by atoms with van der Waals surface area (Å²) in [5.74, 6) is 0. The van der Waals surface area contributed by atoms with Crippen LogP contribution in [-0.4, -0.2) is 43.2 Å². The van der Waals surface area contributed by atoms with Gasteiger partial charge in [-0.05, 0) is 64.4 Å². The van der Waals surface area contributed by atoms with Gasteiger partial charge in [-0.25, -0.2) is 9.59 Å². The van der Waals surface area contributed by atoms with Crippen molar-refractivity contribution in [3.05, 3.63) is 25.7 Å². The standard InChI is InChI=1S/C23H31N5O4S/c1-5-6-11-27-18-17(16(12-24)33-25-18)19(29)28(20(27)30)15-7-9-23(10-8-15)13-26(14-23)21(31)32-22(2,3)4/h15H,5-11,13-14H2,1-4H3. The summed E-state index contributed by atoms with van der Waals surface area (Å²) in [4.78, 5) is 41.0. The lowest BCUT2D eigenvalue weighted by molar-refractivity contribution is -0.0537. The number of carbonyl (C=O) groups excluding carboxylic acids is 1. The smallest absolute Gasteiger partial charge is 0.410 e. The van der Waals surface area contributed by atoms with Gasteiger partial charge in [0, 0.05) is 31.1 Å². The Kier molecular flexibility index (Phi) is 6.12. The molecule has 1 saturated heterocycles. The topological polar surface area (TPSA) is 110 Å². The molecule has 2 aliphatic rings. The summed E-state index contributed by atoms with van der Waals surface area (Å²) in [6.07, 6.45) is 4.46. The number of nitrogens with zero attached hydrogens (tertiary/aromatic N) is 5. The molecule has 2 aromatic heterocycles. The fourth-order valence-corrected chi connectivity index (χ4v) is 5.69. The Hall–Kier alpha value is -2.67. The molecule has 1 amide bonds. The van der Waals surface area contributed by atoms with Crippen LogP contribution in [0.5, 0.6) is 0 Å². The average Bonchev–Trinajstić information content (AvgIpc) is 3.15. The van der Waals surface area contributed by atoms with Crippen molar-refractivity contribution in [2.24, 2.45) is 5.41 Å². The van der Waals surface area contributed by atoms with Crippen molar-refractivity contribution in [3.63, 3.8) is 0 Å². The number of aromatic nitrogens is 3. The van der Waals surface area contributed by atoms with Gasteiger partial charge in [-0.1, -0.05) is 13.3 Å². The maximum Gasteiger partial charge on any atom is 0.410 e. The Balaban J connectivity index is 1.56. The van der Waals surface area contributed by atoms with Crippen LogP contribution in [0.25, 0.3) is 11.0 Å². The predicted molar refractivity (Wildman–Crippen MR) is 126 cm³/mol. The summed E-state index contributed by atoms with van der Waals surface area (Å²) in [5, 5.41) is 9.74. The van der Waals surface area contributed by atoms with Gasteiger partial charge in [0.1, 0.15) is 21.9 Å². The van der Waals surface area contributed by atoms with Gasteiger partial charge in [0.05, 0.1) is 0 Å². The summed E-state index contributed by atoms with van der Waals surface area (Å²) >= 11 is 0.974. The molecule has 0 N–H and O–H groups in total. The summed E-state index contributed by atoms with van der Waals surface area (Å²) in [6.45, 7) is 9.38. The van der Waals surface area contributed by atoms with E-state index in [1.807, 2.05) is 27.7 Å². The number of unbranched alkanes of at least 4 members (excludes halogenated alkanes) is 1. The van der Waals surface area contributed by atoms with Crippen LogP contribution in [0, 0.1) is 16.7 Å². The van der Waals surface area contributed by atoms with E-state index in [-0.39, 0.29) is 33.5 Å². The molecule has 0 radical (unpaired) electrons. The molecule has 1 aliphatic heterocycles. The van der Waals surface area contributed by atoms with E-state index in [0.29, 0.717) is 38.1 Å². The van der Waals surface area contributed by atoms with Crippen molar-refractivity contribution in [2.75, 3.05) is 13.1 Å². The Labute approximate surface area is 196 Å². The third kappa shape index (κ3) is 4.31. The molecule has 0 bridgehead atoms. The first-order valence-corrected chi connectivity index (χ1v) is 12.4. The van der Waals surface area contributed by atoms with E-state index in [9.17, 15) is 19.6 Å². The van der Waals surface area contributed by atoms with Crippen LogP contribution >= 0.6 is 11.5 Å². The molecular formula is C23H31N5O4S. The zero-order valence-electron chi connectivity index (χ0n) is 19.7. The average molecular weight is 474 g/mol. The molecule has 10 heteroatoms. The highest BCUT2D eigenvalue weighted by atomic mass is 32.1. The minimum absolute atomic E-state index is 0.0318. The third-order valence-electron chi connectivity index (χ3n) is 6.72. The molecule has 178 valence electrons. The van der Waals surface area contributed by atoms with Crippen molar-refractivity contribution in [2.45, 2.75) is 84.4 Å². The van der Waals surface area contributed by atoms with Crippen LogP contribution in [0.1, 0.15) is 77.1 Å². The van der Waals surface area contributed by atoms with E-state index in [1.165, 1.54) is 4.57 Å². The zero-order valence-corrected chi connectivity index (χ0v) is 20.5. The lowest BCUT2D eigenvalue weighted by atomic mass is 9.67. The monoisotopic (exact) mass is 473 g/mol. The summed E-state index contributed by atoms with van der Waals surface area (Å²) in [5.41, 5.74) is -0.896. The molecule has 3 heterocycles. The fraction of sp³-hybridized carbons (Fsp3) is 0.696. The van der Waals surface area contributed by atoms with E-state index in [4.69, 9.17) is 4.74 Å². The van der Waals surface area contributed by atoms with Crippen molar-refractivity contribution < 1.29 is 9.53 Å². The van der Waals surface area contributed by atoms with E-state index in [0.717, 1.165) is 37.2 Å². The zero-order chi connectivity index (χ0) is 24.0. The van der Waals surface area contributed by atoms with Crippen molar-refractivity contribution in [3.8, 4) is 6.07 Å². The first-order valence-electron chi connectivity index (χ1n) is 11.6. The number of fused-ring (bicyclic) bond motifs is 1. The van der Waals surface area contributed by atoms with Gasteiger partial charge in [0.15, 0.2) is 5.65 Å². The van der Waals surface area contributed by atoms with Crippen molar-refractivity contribution in [1.82, 2.24) is 18.4 Å². The van der Waals surface area contributed by atoms with E-state index < -0.39 is 11.2 Å². The van der Waals surface area contributed by atoms with E-state index in [1.54, 1.807) is 9.47 Å². The van der Waals surface area contributed by atoms with Gasteiger partial charge < -0.3 is 9.64 Å². The van der Waals surface area contributed by atoms with Crippen LogP contribution in [0.3, 0.4) is 0 Å². The number of amides is 1. The first-order chi connectivity index (χ1) is 15.6. The van der Waals surface area contributed by atoms with Gasteiger partial charge in [-0.15, -0.1) is 0 Å². The van der Waals surface area contributed by atoms with Crippen molar-refractivity contribution in [1.29, 1.82) is 5.26 Å². The summed E-state index contributed by atoms with van der Waals surface area (Å²) < 4.78 is 12.7. The summed E-state index contributed by atoms with van der Waals surface area (Å²) in [6, 6.07) is 1.85. The molecule has 1 aliphatic carbocycles. The lowest BCUT2D eigenvalue weighted by Crippen LogP contribution is -2.60. The van der Waals surface area contributed by atoms with Gasteiger partial charge >= 0.3 is 11.8 Å². The fourth-order valence-electron chi connectivity index (χ4n) is 5.01. The van der Waals surface area contributed by atoms with Crippen LogP contribution in [0.15, 0.2) is 9.59 Å². The number of nitriles is 1. The number of hydrogen-bond acceptors (Lipinski definition) is 7. The van der Waals surface area contributed by atoms with Crippen LogP contribution in [0.2, 0.25) is 0 Å². The first kappa shape index (κ1) is 23.5. The number of carbonyl (C=O) groups is 1. The van der Waals surface area contributed by atoms with E-state index in [2.05, 4.69) is 10.4 Å². The molecule has 2 aromatic rings. The number of rotatable bonds is 4. The molecule has 0 aromatic carbocycles. The van der Waals surface area contributed by atoms with Crippen LogP contribution in [-0.2, 0) is 11.3 Å². The number of likely N-dealkylation sites (tertiary alicyclic amines) is 1. The van der Waals surface area contributed by atoms with E-state index >= 15 is 0 Å². The number of aryl methyl sites for hydroxylation is 1. The van der Waals surface area contributed by atoms with Crippen LogP contribution in [0.4, 0.5) is 4.79 Å². The minimum atomic E-state index is -0.520. The highest BCUT2D eigenvalue weighted by Gasteiger charge is 2.48. The van der Waals surface area contributed by atoms with Crippen molar-refractivity contribution >= 4 is 28.7 Å². The highest BCUT2D eigenvalue weighted by Crippen LogP contribution is 2.46. The quantitative estimate of drug-likeness (QED) is 0.670.